The van der Waals surface area contributed by atoms with E-state index in [4.69, 9.17) is 0 Å². The lowest BCUT2D eigenvalue weighted by atomic mass is 10.00. The molecule has 1 aromatic heterocycles. The lowest BCUT2D eigenvalue weighted by Gasteiger charge is -2.29. The molecule has 3 N–H and O–H groups in total. The van der Waals surface area contributed by atoms with Gasteiger partial charge in [0.25, 0.3) is 5.91 Å². The normalized spacial score (nSPS) is 17.1. The third-order valence-corrected chi connectivity index (χ3v) is 5.51. The van der Waals surface area contributed by atoms with Gasteiger partial charge in [-0.1, -0.05) is 12.1 Å². The van der Waals surface area contributed by atoms with E-state index in [-0.39, 0.29) is 5.91 Å². The van der Waals surface area contributed by atoms with E-state index in [2.05, 4.69) is 44.8 Å². The summed E-state index contributed by atoms with van der Waals surface area (Å²) in [5, 5.41) is 7.07. The van der Waals surface area contributed by atoms with Gasteiger partial charge in [-0.05, 0) is 41.8 Å². The van der Waals surface area contributed by atoms with Crippen molar-refractivity contribution in [2.45, 2.75) is 6.42 Å². The maximum Gasteiger partial charge on any atom is 0.252 e. The first-order valence-corrected chi connectivity index (χ1v) is 9.39. The summed E-state index contributed by atoms with van der Waals surface area (Å²) in [6, 6.07) is 11.3. The van der Waals surface area contributed by atoms with Crippen molar-refractivity contribution in [2.24, 2.45) is 0 Å². The van der Waals surface area contributed by atoms with Crippen molar-refractivity contribution in [1.82, 2.24) is 15.6 Å². The number of hydrogen-bond donors (Lipinski definition) is 3. The lowest BCUT2D eigenvalue weighted by molar-refractivity contribution is 0.0957. The summed E-state index contributed by atoms with van der Waals surface area (Å²) in [6.07, 6.45) is 0.721. The lowest BCUT2D eigenvalue weighted by Crippen LogP contribution is -2.43. The molecule has 0 unspecified atom stereocenters. The quantitative estimate of drug-likeness (QED) is 0.655. The molecule has 0 saturated carbocycles. The monoisotopic (exact) mass is 364 g/mol. The van der Waals surface area contributed by atoms with Crippen molar-refractivity contribution in [1.29, 1.82) is 0 Å². The number of hydrogen-bond acceptors (Lipinski definition) is 3. The van der Waals surface area contributed by atoms with E-state index in [1.165, 1.54) is 17.8 Å². The number of aromatic nitrogens is 1. The van der Waals surface area contributed by atoms with Crippen molar-refractivity contribution in [3.05, 3.63) is 53.3 Å². The molecule has 3 aromatic rings. The molecule has 0 atom stereocenters. The number of benzene rings is 2. The molecule has 2 aliphatic rings. The highest BCUT2D eigenvalue weighted by Crippen LogP contribution is 2.35. The van der Waals surface area contributed by atoms with E-state index in [0.717, 1.165) is 54.8 Å². The number of aromatic amines is 1. The fraction of sp³-hybridized carbons (Fsp3) is 0.286. The SMILES string of the molecule is O=C1NCCc2c(-c3ccc(N4CCNCC4)cc3)[nH]c3cc(F)cc1c23. The molecular formula is C21H21FN4O. The molecule has 1 amide bonds. The Morgan fingerprint density at radius 2 is 1.78 bits per heavy atom. The van der Waals surface area contributed by atoms with E-state index in [0.29, 0.717) is 17.6 Å². The molecule has 1 fully saturated rings. The average molecular weight is 364 g/mol. The van der Waals surface area contributed by atoms with Crippen LogP contribution in [0, 0.1) is 5.82 Å². The van der Waals surface area contributed by atoms with Crippen molar-refractivity contribution in [3.63, 3.8) is 0 Å². The van der Waals surface area contributed by atoms with Gasteiger partial charge in [0, 0.05) is 55.0 Å². The summed E-state index contributed by atoms with van der Waals surface area (Å²) in [6.45, 7) is 4.57. The van der Waals surface area contributed by atoms with Crippen LogP contribution >= 0.6 is 0 Å². The fourth-order valence-corrected chi connectivity index (χ4v) is 4.20. The van der Waals surface area contributed by atoms with Crippen molar-refractivity contribution in [3.8, 4) is 11.3 Å². The molecule has 0 radical (unpaired) electrons. The van der Waals surface area contributed by atoms with Gasteiger partial charge in [-0.15, -0.1) is 0 Å². The van der Waals surface area contributed by atoms with Crippen LogP contribution in [0.2, 0.25) is 0 Å². The van der Waals surface area contributed by atoms with E-state index >= 15 is 0 Å². The highest BCUT2D eigenvalue weighted by molar-refractivity contribution is 6.10. The van der Waals surface area contributed by atoms with E-state index in [9.17, 15) is 9.18 Å². The molecule has 0 spiro atoms. The second-order valence-electron chi connectivity index (χ2n) is 7.14. The summed E-state index contributed by atoms with van der Waals surface area (Å²) >= 11 is 0. The molecule has 5 nitrogen and oxygen atoms in total. The Morgan fingerprint density at radius 3 is 2.56 bits per heavy atom. The topological polar surface area (TPSA) is 60.2 Å². The zero-order chi connectivity index (χ0) is 18.4. The molecule has 2 aromatic carbocycles. The Bertz CT molecular complexity index is 1020. The zero-order valence-electron chi connectivity index (χ0n) is 14.9. The molecule has 138 valence electrons. The number of nitrogens with one attached hydrogen (secondary N) is 3. The number of H-pyrrole nitrogens is 1. The van der Waals surface area contributed by atoms with Gasteiger partial charge in [0.2, 0.25) is 0 Å². The fourth-order valence-electron chi connectivity index (χ4n) is 4.20. The Balaban J connectivity index is 1.59. The highest BCUT2D eigenvalue weighted by Gasteiger charge is 2.23. The number of amides is 1. The minimum Gasteiger partial charge on any atom is -0.369 e. The molecule has 0 aliphatic carbocycles. The van der Waals surface area contributed by atoms with Crippen LogP contribution < -0.4 is 15.5 Å². The standard InChI is InChI=1S/C21H21FN4O/c22-14-11-17-19-16(5-6-24-21(17)27)20(25-18(19)12-14)13-1-3-15(4-2-13)26-9-7-23-8-10-26/h1-4,11-12,23,25H,5-10H2,(H,24,27). The van der Waals surface area contributed by atoms with E-state index in [1.807, 2.05) is 0 Å². The first kappa shape index (κ1) is 16.3. The van der Waals surface area contributed by atoms with Crippen LogP contribution in [0.1, 0.15) is 15.9 Å². The van der Waals surface area contributed by atoms with Gasteiger partial charge in [-0.25, -0.2) is 4.39 Å². The van der Waals surface area contributed by atoms with Crippen molar-refractivity contribution in [2.75, 3.05) is 37.6 Å². The average Bonchev–Trinajstić information content (AvgIpc) is 2.97. The number of carbonyl (C=O) groups excluding carboxylic acids is 1. The molecular weight excluding hydrogens is 343 g/mol. The van der Waals surface area contributed by atoms with Gasteiger partial charge in [0.15, 0.2) is 0 Å². The summed E-state index contributed by atoms with van der Waals surface area (Å²) in [7, 11) is 0. The van der Waals surface area contributed by atoms with Crippen LogP contribution in [0.4, 0.5) is 10.1 Å². The second-order valence-corrected chi connectivity index (χ2v) is 7.14. The number of carbonyl (C=O) groups is 1. The van der Waals surface area contributed by atoms with Gasteiger partial charge in [0.1, 0.15) is 5.82 Å². The maximum atomic E-state index is 14.0. The third-order valence-electron chi connectivity index (χ3n) is 5.51. The molecule has 27 heavy (non-hydrogen) atoms. The molecule has 5 rings (SSSR count). The van der Waals surface area contributed by atoms with Gasteiger partial charge in [-0.3, -0.25) is 4.79 Å². The maximum absolute atomic E-state index is 14.0. The Kier molecular flexibility index (Phi) is 3.86. The van der Waals surface area contributed by atoms with Crippen LogP contribution in [0.5, 0.6) is 0 Å². The van der Waals surface area contributed by atoms with Crippen LogP contribution in [-0.2, 0) is 6.42 Å². The van der Waals surface area contributed by atoms with Crippen LogP contribution in [0.3, 0.4) is 0 Å². The van der Waals surface area contributed by atoms with Crippen LogP contribution in [0.15, 0.2) is 36.4 Å². The number of rotatable bonds is 2. The molecule has 2 aliphatic heterocycles. The molecule has 6 heteroatoms. The number of anilines is 1. The number of piperazine rings is 1. The minimum atomic E-state index is -0.400. The van der Waals surface area contributed by atoms with Crippen molar-refractivity contribution < 1.29 is 9.18 Å². The van der Waals surface area contributed by atoms with E-state index < -0.39 is 5.82 Å². The molecule has 3 heterocycles. The largest absolute Gasteiger partial charge is 0.369 e. The highest BCUT2D eigenvalue weighted by atomic mass is 19.1. The van der Waals surface area contributed by atoms with Crippen molar-refractivity contribution >= 4 is 22.5 Å². The first-order valence-electron chi connectivity index (χ1n) is 9.39. The van der Waals surface area contributed by atoms with Crippen LogP contribution in [0.25, 0.3) is 22.2 Å². The minimum absolute atomic E-state index is 0.210. The summed E-state index contributed by atoms with van der Waals surface area (Å²) in [5.41, 5.74) is 5.41. The predicted octanol–water partition coefficient (Wildman–Crippen LogP) is 2.67. The van der Waals surface area contributed by atoms with Gasteiger partial charge in [0.05, 0.1) is 5.56 Å². The van der Waals surface area contributed by atoms with E-state index in [1.54, 1.807) is 0 Å². The first-order chi connectivity index (χ1) is 13.2. The molecule has 0 bridgehead atoms. The Hall–Kier alpha value is -2.86. The van der Waals surface area contributed by atoms with Gasteiger partial charge < -0.3 is 20.5 Å². The van der Waals surface area contributed by atoms with Crippen LogP contribution in [-0.4, -0.2) is 43.6 Å². The Labute approximate surface area is 156 Å². The zero-order valence-corrected chi connectivity index (χ0v) is 14.9. The number of halogens is 1. The summed E-state index contributed by atoms with van der Waals surface area (Å²) in [5.74, 6) is -0.610. The third kappa shape index (κ3) is 2.77. The van der Waals surface area contributed by atoms with Gasteiger partial charge in [-0.2, -0.15) is 0 Å². The Morgan fingerprint density at radius 1 is 1.00 bits per heavy atom. The second kappa shape index (κ2) is 6.39. The predicted molar refractivity (Wildman–Crippen MR) is 105 cm³/mol. The molecule has 1 saturated heterocycles. The summed E-state index contributed by atoms with van der Waals surface area (Å²) < 4.78 is 14.0. The van der Waals surface area contributed by atoms with Gasteiger partial charge >= 0.3 is 0 Å². The summed E-state index contributed by atoms with van der Waals surface area (Å²) in [4.78, 5) is 18.0. The number of nitrogens with zero attached hydrogens (tertiary/aromatic N) is 1. The smallest absolute Gasteiger partial charge is 0.252 e.